The minimum absolute atomic E-state index is 0.0213. The van der Waals surface area contributed by atoms with Gasteiger partial charge in [0, 0.05) is 17.0 Å². The number of hydrogen-bond acceptors (Lipinski definition) is 5. The van der Waals surface area contributed by atoms with Crippen molar-refractivity contribution in [1.82, 2.24) is 5.32 Å². The Labute approximate surface area is 180 Å². The van der Waals surface area contributed by atoms with Crippen LogP contribution in [0.1, 0.15) is 45.6 Å². The first kappa shape index (κ1) is 20.8. The van der Waals surface area contributed by atoms with Crippen molar-refractivity contribution in [2.75, 3.05) is 16.8 Å². The standard InChI is InChI=1S/C22H24N2O4S2/c25-19(11-10-15-6-2-1-3-7-15)24-22-20(17-8-4-5-9-18(17)29-22)21(26)23-16-12-13-30(27,28)14-16/h1-3,6-7,10-11,16H,4-5,8-9,12-14H2,(H,23,26)(H,24,25)/b11-10+/t16-/m0/s1. The van der Waals surface area contributed by atoms with Crippen molar-refractivity contribution in [1.29, 1.82) is 0 Å². The summed E-state index contributed by atoms with van der Waals surface area (Å²) < 4.78 is 23.5. The minimum Gasteiger partial charge on any atom is -0.348 e. The molecule has 4 rings (SSSR count). The molecule has 158 valence electrons. The molecule has 0 bridgehead atoms. The van der Waals surface area contributed by atoms with Crippen LogP contribution in [0.2, 0.25) is 0 Å². The molecule has 1 aromatic carbocycles. The monoisotopic (exact) mass is 444 g/mol. The van der Waals surface area contributed by atoms with Gasteiger partial charge in [0.05, 0.1) is 17.1 Å². The highest BCUT2D eigenvalue weighted by molar-refractivity contribution is 7.91. The van der Waals surface area contributed by atoms with Gasteiger partial charge in [-0.3, -0.25) is 9.59 Å². The highest BCUT2D eigenvalue weighted by atomic mass is 32.2. The van der Waals surface area contributed by atoms with Gasteiger partial charge in [-0.25, -0.2) is 8.42 Å². The number of anilines is 1. The fourth-order valence-electron chi connectivity index (χ4n) is 3.95. The Hall–Kier alpha value is -2.45. The maximum Gasteiger partial charge on any atom is 0.254 e. The molecule has 1 aliphatic heterocycles. The molecule has 0 unspecified atom stereocenters. The zero-order valence-electron chi connectivity index (χ0n) is 16.5. The summed E-state index contributed by atoms with van der Waals surface area (Å²) in [6.07, 6.45) is 7.38. The number of hydrogen-bond donors (Lipinski definition) is 2. The summed E-state index contributed by atoms with van der Waals surface area (Å²) in [7, 11) is -3.08. The summed E-state index contributed by atoms with van der Waals surface area (Å²) in [6.45, 7) is 0. The van der Waals surface area contributed by atoms with E-state index in [1.165, 1.54) is 17.4 Å². The van der Waals surface area contributed by atoms with E-state index < -0.39 is 9.84 Å². The van der Waals surface area contributed by atoms with Gasteiger partial charge in [0.1, 0.15) is 5.00 Å². The number of benzene rings is 1. The lowest BCUT2D eigenvalue weighted by molar-refractivity contribution is -0.111. The highest BCUT2D eigenvalue weighted by Gasteiger charge is 2.32. The summed E-state index contributed by atoms with van der Waals surface area (Å²) in [4.78, 5) is 26.7. The van der Waals surface area contributed by atoms with Crippen molar-refractivity contribution in [3.05, 3.63) is 58.0 Å². The normalized spacial score (nSPS) is 20.1. The maximum atomic E-state index is 13.1. The van der Waals surface area contributed by atoms with Gasteiger partial charge in [-0.15, -0.1) is 11.3 Å². The van der Waals surface area contributed by atoms with E-state index in [2.05, 4.69) is 10.6 Å². The topological polar surface area (TPSA) is 92.3 Å². The SMILES string of the molecule is O=C(/C=C/c1ccccc1)Nc1sc2c(c1C(=O)N[C@H]1CCS(=O)(=O)C1)CCCC2. The van der Waals surface area contributed by atoms with Crippen LogP contribution < -0.4 is 10.6 Å². The number of thiophene rings is 1. The van der Waals surface area contributed by atoms with Crippen LogP contribution in [0.3, 0.4) is 0 Å². The van der Waals surface area contributed by atoms with Crippen LogP contribution in [-0.2, 0) is 27.5 Å². The van der Waals surface area contributed by atoms with Crippen LogP contribution in [0.4, 0.5) is 5.00 Å². The maximum absolute atomic E-state index is 13.1. The Balaban J connectivity index is 1.54. The van der Waals surface area contributed by atoms with Crippen LogP contribution in [0.5, 0.6) is 0 Å². The Bertz CT molecular complexity index is 1090. The number of carbonyl (C=O) groups is 2. The van der Waals surface area contributed by atoms with E-state index in [1.807, 2.05) is 30.3 Å². The van der Waals surface area contributed by atoms with Crippen LogP contribution in [0, 0.1) is 0 Å². The molecule has 8 heteroatoms. The first-order chi connectivity index (χ1) is 14.4. The van der Waals surface area contributed by atoms with E-state index in [0.29, 0.717) is 17.0 Å². The number of nitrogens with one attached hydrogen (secondary N) is 2. The second-order valence-corrected chi connectivity index (χ2v) is 11.1. The van der Waals surface area contributed by atoms with Crippen LogP contribution in [0.15, 0.2) is 36.4 Å². The minimum atomic E-state index is -3.08. The van der Waals surface area contributed by atoms with Crippen LogP contribution >= 0.6 is 11.3 Å². The molecule has 1 aliphatic carbocycles. The van der Waals surface area contributed by atoms with Gasteiger partial charge in [0.15, 0.2) is 9.84 Å². The van der Waals surface area contributed by atoms with Gasteiger partial charge in [0.25, 0.3) is 5.91 Å². The molecular weight excluding hydrogens is 420 g/mol. The molecule has 1 fully saturated rings. The number of fused-ring (bicyclic) bond motifs is 1. The van der Waals surface area contributed by atoms with E-state index in [0.717, 1.165) is 41.7 Å². The number of aryl methyl sites for hydroxylation is 1. The smallest absolute Gasteiger partial charge is 0.254 e. The van der Waals surface area contributed by atoms with E-state index in [1.54, 1.807) is 6.08 Å². The molecule has 6 nitrogen and oxygen atoms in total. The van der Waals surface area contributed by atoms with Crippen molar-refractivity contribution < 1.29 is 18.0 Å². The molecule has 1 atom stereocenters. The second kappa shape index (κ2) is 8.73. The zero-order chi connectivity index (χ0) is 21.1. The molecule has 1 aromatic heterocycles. The molecule has 2 N–H and O–H groups in total. The first-order valence-corrected chi connectivity index (χ1v) is 12.7. The fourth-order valence-corrected chi connectivity index (χ4v) is 6.91. The first-order valence-electron chi connectivity index (χ1n) is 10.1. The molecule has 0 saturated carbocycles. The largest absolute Gasteiger partial charge is 0.348 e. The summed E-state index contributed by atoms with van der Waals surface area (Å²) in [5.41, 5.74) is 2.41. The van der Waals surface area contributed by atoms with Gasteiger partial charge in [-0.2, -0.15) is 0 Å². The van der Waals surface area contributed by atoms with Crippen molar-refractivity contribution in [2.45, 2.75) is 38.1 Å². The Morgan fingerprint density at radius 3 is 2.60 bits per heavy atom. The van der Waals surface area contributed by atoms with Gasteiger partial charge in [-0.1, -0.05) is 30.3 Å². The molecule has 2 amide bonds. The van der Waals surface area contributed by atoms with Gasteiger partial charge >= 0.3 is 0 Å². The number of rotatable bonds is 5. The molecule has 2 aromatic rings. The van der Waals surface area contributed by atoms with Crippen molar-refractivity contribution in [3.63, 3.8) is 0 Å². The number of amides is 2. The lowest BCUT2D eigenvalue weighted by Gasteiger charge is -2.15. The lowest BCUT2D eigenvalue weighted by Crippen LogP contribution is -2.36. The predicted octanol–water partition coefficient (Wildman–Crippen LogP) is 3.20. The van der Waals surface area contributed by atoms with Gasteiger partial charge in [-0.05, 0) is 49.3 Å². The lowest BCUT2D eigenvalue weighted by atomic mass is 9.95. The molecule has 30 heavy (non-hydrogen) atoms. The summed E-state index contributed by atoms with van der Waals surface area (Å²) in [5, 5.41) is 6.30. The van der Waals surface area contributed by atoms with Crippen LogP contribution in [0.25, 0.3) is 6.08 Å². The van der Waals surface area contributed by atoms with Gasteiger partial charge in [0.2, 0.25) is 5.91 Å². The van der Waals surface area contributed by atoms with E-state index >= 15 is 0 Å². The van der Waals surface area contributed by atoms with E-state index in [9.17, 15) is 18.0 Å². The molecule has 0 radical (unpaired) electrons. The summed E-state index contributed by atoms with van der Waals surface area (Å²) in [5.74, 6) is -0.506. The Morgan fingerprint density at radius 2 is 1.87 bits per heavy atom. The van der Waals surface area contributed by atoms with Gasteiger partial charge < -0.3 is 10.6 Å². The average molecular weight is 445 g/mol. The Kier molecular flexibility index (Phi) is 6.06. The van der Waals surface area contributed by atoms with E-state index in [-0.39, 0.29) is 29.4 Å². The number of sulfone groups is 1. The van der Waals surface area contributed by atoms with E-state index in [4.69, 9.17) is 0 Å². The predicted molar refractivity (Wildman–Crippen MR) is 120 cm³/mol. The number of carbonyl (C=O) groups excluding carboxylic acids is 2. The van der Waals surface area contributed by atoms with Crippen molar-refractivity contribution in [2.24, 2.45) is 0 Å². The molecule has 2 heterocycles. The molecular formula is C22H24N2O4S2. The zero-order valence-corrected chi connectivity index (χ0v) is 18.2. The fraction of sp³-hybridized carbons (Fsp3) is 0.364. The van der Waals surface area contributed by atoms with Crippen molar-refractivity contribution >= 4 is 44.1 Å². The second-order valence-electron chi connectivity index (χ2n) is 7.72. The van der Waals surface area contributed by atoms with Crippen LogP contribution in [-0.4, -0.2) is 37.8 Å². The third kappa shape index (κ3) is 4.82. The molecule has 0 spiro atoms. The molecule has 2 aliphatic rings. The quantitative estimate of drug-likeness (QED) is 0.693. The molecule has 1 saturated heterocycles. The Morgan fingerprint density at radius 1 is 1.10 bits per heavy atom. The highest BCUT2D eigenvalue weighted by Crippen LogP contribution is 2.38. The third-order valence-electron chi connectivity index (χ3n) is 5.43. The van der Waals surface area contributed by atoms with Crippen molar-refractivity contribution in [3.8, 4) is 0 Å². The summed E-state index contributed by atoms with van der Waals surface area (Å²) in [6, 6.07) is 9.15. The third-order valence-corrected chi connectivity index (χ3v) is 8.40. The average Bonchev–Trinajstić information content (AvgIpc) is 3.25. The summed E-state index contributed by atoms with van der Waals surface area (Å²) >= 11 is 1.45.